The normalized spacial score (nSPS) is 16.9. The second-order valence-corrected chi connectivity index (χ2v) is 5.01. The molecule has 0 bridgehead atoms. The van der Waals surface area contributed by atoms with Crippen LogP contribution in [0.15, 0.2) is 0 Å². The number of primary amides is 1. The fourth-order valence-corrected chi connectivity index (χ4v) is 2.23. The van der Waals surface area contributed by atoms with Crippen molar-refractivity contribution >= 4 is 17.8 Å². The van der Waals surface area contributed by atoms with Crippen LogP contribution in [0.25, 0.3) is 0 Å². The Balaban J connectivity index is 2.25. The van der Waals surface area contributed by atoms with E-state index in [-0.39, 0.29) is 24.2 Å². The van der Waals surface area contributed by atoms with Crippen LogP contribution in [0.3, 0.4) is 0 Å². The van der Waals surface area contributed by atoms with Crippen LogP contribution >= 0.6 is 0 Å². The van der Waals surface area contributed by atoms with Gasteiger partial charge in [-0.3, -0.25) is 14.9 Å². The highest BCUT2D eigenvalue weighted by Gasteiger charge is 2.25. The lowest BCUT2D eigenvalue weighted by molar-refractivity contribution is -0.134. The smallest absolute Gasteiger partial charge is 0.318 e. The summed E-state index contributed by atoms with van der Waals surface area (Å²) in [5, 5.41) is 2.04. The van der Waals surface area contributed by atoms with Crippen LogP contribution in [-0.2, 0) is 9.59 Å². The van der Waals surface area contributed by atoms with E-state index in [9.17, 15) is 14.4 Å². The van der Waals surface area contributed by atoms with Gasteiger partial charge < -0.3 is 15.5 Å². The average molecular weight is 270 g/mol. The number of rotatable bonds is 4. The second kappa shape index (κ2) is 7.08. The second-order valence-electron chi connectivity index (χ2n) is 5.01. The highest BCUT2D eigenvalue weighted by Crippen LogP contribution is 2.18. The number of likely N-dealkylation sites (tertiary alicyclic amines) is 1. The molecular weight excluding hydrogens is 248 g/mol. The van der Waals surface area contributed by atoms with Crippen molar-refractivity contribution in [2.45, 2.75) is 19.3 Å². The Labute approximate surface area is 113 Å². The fourth-order valence-electron chi connectivity index (χ4n) is 2.23. The highest BCUT2D eigenvalue weighted by molar-refractivity contribution is 5.93. The summed E-state index contributed by atoms with van der Waals surface area (Å²) in [5.41, 5.74) is 4.86. The van der Waals surface area contributed by atoms with Crippen LogP contribution in [0.5, 0.6) is 0 Å². The predicted octanol–water partition coefficient (Wildman–Crippen LogP) is -0.628. The fraction of sp³-hybridized carbons (Fsp3) is 0.750. The maximum absolute atomic E-state index is 11.8. The third-order valence-corrected chi connectivity index (χ3v) is 3.30. The SMILES string of the molecule is CN(C)C(=O)C1CCN(CCC(=O)NC(N)=O)CC1. The lowest BCUT2D eigenvalue weighted by atomic mass is 9.95. The molecule has 19 heavy (non-hydrogen) atoms. The van der Waals surface area contributed by atoms with Crippen molar-refractivity contribution < 1.29 is 14.4 Å². The molecule has 4 amide bonds. The molecule has 1 aliphatic rings. The molecular formula is C12H22N4O3. The van der Waals surface area contributed by atoms with Gasteiger partial charge in [-0.1, -0.05) is 0 Å². The van der Waals surface area contributed by atoms with Gasteiger partial charge in [-0.05, 0) is 25.9 Å². The van der Waals surface area contributed by atoms with Crippen LogP contribution in [0.2, 0.25) is 0 Å². The number of piperidine rings is 1. The molecule has 7 heteroatoms. The van der Waals surface area contributed by atoms with Crippen molar-refractivity contribution in [3.05, 3.63) is 0 Å². The first-order valence-electron chi connectivity index (χ1n) is 6.43. The van der Waals surface area contributed by atoms with E-state index < -0.39 is 6.03 Å². The number of carbonyl (C=O) groups excluding carboxylic acids is 3. The van der Waals surface area contributed by atoms with E-state index in [1.165, 1.54) is 0 Å². The van der Waals surface area contributed by atoms with Crippen LogP contribution < -0.4 is 11.1 Å². The minimum absolute atomic E-state index is 0.0886. The minimum Gasteiger partial charge on any atom is -0.351 e. The Morgan fingerprint density at radius 3 is 2.32 bits per heavy atom. The van der Waals surface area contributed by atoms with Crippen molar-refractivity contribution in [3.63, 3.8) is 0 Å². The van der Waals surface area contributed by atoms with Crippen LogP contribution in [0.1, 0.15) is 19.3 Å². The summed E-state index contributed by atoms with van der Waals surface area (Å²) in [6.07, 6.45) is 1.87. The Bertz CT molecular complexity index is 349. The van der Waals surface area contributed by atoms with Gasteiger partial charge in [-0.25, -0.2) is 4.79 Å². The van der Waals surface area contributed by atoms with Gasteiger partial charge in [0.2, 0.25) is 11.8 Å². The largest absolute Gasteiger partial charge is 0.351 e. The Morgan fingerprint density at radius 1 is 1.26 bits per heavy atom. The number of nitrogens with zero attached hydrogens (tertiary/aromatic N) is 2. The topological polar surface area (TPSA) is 95.7 Å². The molecule has 1 heterocycles. The number of hydrogen-bond acceptors (Lipinski definition) is 4. The molecule has 1 aliphatic heterocycles. The third-order valence-electron chi connectivity index (χ3n) is 3.30. The van der Waals surface area contributed by atoms with E-state index in [1.54, 1.807) is 19.0 Å². The molecule has 0 aromatic heterocycles. The maximum Gasteiger partial charge on any atom is 0.318 e. The monoisotopic (exact) mass is 270 g/mol. The lowest BCUT2D eigenvalue weighted by Crippen LogP contribution is -2.42. The number of hydrogen-bond donors (Lipinski definition) is 2. The first kappa shape index (κ1) is 15.4. The van der Waals surface area contributed by atoms with E-state index >= 15 is 0 Å². The molecule has 0 atom stereocenters. The van der Waals surface area contributed by atoms with E-state index in [2.05, 4.69) is 4.90 Å². The standard InChI is InChI=1S/C12H22N4O3/c1-15(2)11(18)9-3-6-16(7-4-9)8-5-10(17)14-12(13)19/h9H,3-8H2,1-2H3,(H3,13,14,17,19). The van der Waals surface area contributed by atoms with Gasteiger partial charge in [-0.15, -0.1) is 0 Å². The summed E-state index contributed by atoms with van der Waals surface area (Å²) < 4.78 is 0. The van der Waals surface area contributed by atoms with E-state index in [0.717, 1.165) is 25.9 Å². The molecule has 0 aromatic carbocycles. The molecule has 0 aliphatic carbocycles. The van der Waals surface area contributed by atoms with Gasteiger partial charge in [0.15, 0.2) is 0 Å². The van der Waals surface area contributed by atoms with E-state index in [4.69, 9.17) is 5.73 Å². The molecule has 0 spiro atoms. The zero-order valence-corrected chi connectivity index (χ0v) is 11.5. The summed E-state index contributed by atoms with van der Waals surface area (Å²) in [5.74, 6) is -0.101. The summed E-state index contributed by atoms with van der Waals surface area (Å²) in [7, 11) is 3.53. The number of urea groups is 1. The molecule has 1 rings (SSSR count). The first-order chi connectivity index (χ1) is 8.90. The number of imide groups is 1. The average Bonchev–Trinajstić information content (AvgIpc) is 2.35. The Hall–Kier alpha value is -1.63. The van der Waals surface area contributed by atoms with Crippen molar-refractivity contribution in [2.75, 3.05) is 33.7 Å². The Morgan fingerprint density at radius 2 is 1.84 bits per heavy atom. The molecule has 0 unspecified atom stereocenters. The van der Waals surface area contributed by atoms with Gasteiger partial charge in [-0.2, -0.15) is 0 Å². The number of nitrogens with two attached hydrogens (primary N) is 1. The van der Waals surface area contributed by atoms with Gasteiger partial charge in [0, 0.05) is 33.0 Å². The lowest BCUT2D eigenvalue weighted by Gasteiger charge is -2.32. The minimum atomic E-state index is -0.819. The molecule has 108 valence electrons. The molecule has 3 N–H and O–H groups in total. The van der Waals surface area contributed by atoms with Crippen molar-refractivity contribution in [2.24, 2.45) is 11.7 Å². The van der Waals surface area contributed by atoms with Gasteiger partial charge in [0.25, 0.3) is 0 Å². The van der Waals surface area contributed by atoms with Crippen LogP contribution in [-0.4, -0.2) is 61.4 Å². The molecule has 0 saturated carbocycles. The molecule has 1 fully saturated rings. The molecule has 0 radical (unpaired) electrons. The Kier molecular flexibility index (Phi) is 5.75. The van der Waals surface area contributed by atoms with Crippen LogP contribution in [0, 0.1) is 5.92 Å². The highest BCUT2D eigenvalue weighted by atomic mass is 16.2. The maximum atomic E-state index is 11.8. The van der Waals surface area contributed by atoms with Crippen molar-refractivity contribution in [1.29, 1.82) is 0 Å². The van der Waals surface area contributed by atoms with Gasteiger partial charge >= 0.3 is 6.03 Å². The van der Waals surface area contributed by atoms with Crippen molar-refractivity contribution in [3.8, 4) is 0 Å². The zero-order chi connectivity index (χ0) is 14.4. The van der Waals surface area contributed by atoms with Crippen molar-refractivity contribution in [1.82, 2.24) is 15.1 Å². The summed E-state index contributed by atoms with van der Waals surface area (Å²) >= 11 is 0. The summed E-state index contributed by atoms with van der Waals surface area (Å²) in [6.45, 7) is 2.18. The van der Waals surface area contributed by atoms with E-state index in [0.29, 0.717) is 6.54 Å². The quantitative estimate of drug-likeness (QED) is 0.711. The summed E-state index contributed by atoms with van der Waals surface area (Å²) in [4.78, 5) is 37.3. The number of amides is 4. The molecule has 7 nitrogen and oxygen atoms in total. The van der Waals surface area contributed by atoms with Crippen LogP contribution in [0.4, 0.5) is 4.79 Å². The number of carbonyl (C=O) groups is 3. The summed E-state index contributed by atoms with van der Waals surface area (Å²) in [6, 6.07) is -0.819. The third kappa shape index (κ3) is 5.25. The van der Waals surface area contributed by atoms with Gasteiger partial charge in [0.05, 0.1) is 0 Å². The zero-order valence-electron chi connectivity index (χ0n) is 11.5. The molecule has 0 aromatic rings. The van der Waals surface area contributed by atoms with E-state index in [1.807, 2.05) is 5.32 Å². The van der Waals surface area contributed by atoms with Gasteiger partial charge in [0.1, 0.15) is 0 Å². The molecule has 1 saturated heterocycles. The first-order valence-corrected chi connectivity index (χ1v) is 6.43. The predicted molar refractivity (Wildman–Crippen MR) is 70.2 cm³/mol. The number of nitrogens with one attached hydrogen (secondary N) is 1.